The summed E-state index contributed by atoms with van der Waals surface area (Å²) in [7, 11) is 1.60. The van der Waals surface area contributed by atoms with Crippen molar-refractivity contribution in [1.82, 2.24) is 4.98 Å². The second-order valence-corrected chi connectivity index (χ2v) is 7.50. The summed E-state index contributed by atoms with van der Waals surface area (Å²) < 4.78 is 5.23. The normalized spacial score (nSPS) is 11.0. The predicted octanol–water partition coefficient (Wildman–Crippen LogP) is 5.85. The van der Waals surface area contributed by atoms with Crippen molar-refractivity contribution in [3.8, 4) is 33.2 Å². The first kappa shape index (κ1) is 20.2. The number of rotatable bonds is 6. The molecule has 0 amide bonds. The Morgan fingerprint density at radius 1 is 1.03 bits per heavy atom. The third kappa shape index (κ3) is 4.44. The maximum Gasteiger partial charge on any atom is 0.269 e. The molecule has 0 spiro atoms. The molecule has 0 saturated carbocycles. The minimum Gasteiger partial charge on any atom is -0.507 e. The van der Waals surface area contributed by atoms with Crippen LogP contribution in [-0.2, 0) is 0 Å². The van der Waals surface area contributed by atoms with E-state index < -0.39 is 4.92 Å². The fourth-order valence-corrected chi connectivity index (χ4v) is 3.90. The molecule has 0 bridgehead atoms. The molecule has 8 heteroatoms. The number of phenolic OH excluding ortho intramolecular Hbond substituents is 1. The fourth-order valence-electron chi connectivity index (χ4n) is 2.96. The zero-order valence-corrected chi connectivity index (χ0v) is 17.2. The van der Waals surface area contributed by atoms with Crippen molar-refractivity contribution in [2.45, 2.75) is 0 Å². The Kier molecular flexibility index (Phi) is 5.72. The molecule has 1 N–H and O–H groups in total. The molecule has 154 valence electrons. The largest absolute Gasteiger partial charge is 0.507 e. The molecule has 0 unspecified atom stereocenters. The van der Waals surface area contributed by atoms with Gasteiger partial charge in [-0.1, -0.05) is 23.5 Å². The number of para-hydroxylation sites is 1. The molecule has 0 saturated heterocycles. The lowest BCUT2D eigenvalue weighted by Gasteiger charge is -2.04. The minimum absolute atomic E-state index is 0.0251. The fraction of sp³-hybridized carbons (Fsp3) is 0.0435. The van der Waals surface area contributed by atoms with Crippen LogP contribution < -0.4 is 4.74 Å². The molecule has 4 rings (SSSR count). The number of hydrogen-bond donors (Lipinski definition) is 1. The van der Waals surface area contributed by atoms with Gasteiger partial charge in [0.2, 0.25) is 5.13 Å². The summed E-state index contributed by atoms with van der Waals surface area (Å²) >= 11 is 1.36. The number of phenols is 1. The van der Waals surface area contributed by atoms with Gasteiger partial charge in [0.25, 0.3) is 5.69 Å². The first-order valence-corrected chi connectivity index (χ1v) is 10.1. The molecule has 0 aliphatic heterocycles. The van der Waals surface area contributed by atoms with Gasteiger partial charge in [-0.25, -0.2) is 9.98 Å². The number of methoxy groups -OCH3 is 1. The number of non-ortho nitro benzene ring substituents is 1. The van der Waals surface area contributed by atoms with Crippen LogP contribution in [0.3, 0.4) is 0 Å². The molecule has 0 atom stereocenters. The van der Waals surface area contributed by atoms with Crippen LogP contribution in [0.5, 0.6) is 11.5 Å². The highest BCUT2D eigenvalue weighted by Gasteiger charge is 2.16. The Labute approximate surface area is 182 Å². The molecular formula is C23H17N3O4S. The average molecular weight is 431 g/mol. The number of nitro benzene ring substituents is 1. The maximum atomic E-state index is 11.0. The van der Waals surface area contributed by atoms with Gasteiger partial charge in [0.15, 0.2) is 0 Å². The summed E-state index contributed by atoms with van der Waals surface area (Å²) in [5.41, 5.74) is 3.00. The third-order valence-electron chi connectivity index (χ3n) is 4.57. The lowest BCUT2D eigenvalue weighted by molar-refractivity contribution is -0.384. The molecule has 7 nitrogen and oxygen atoms in total. The zero-order valence-electron chi connectivity index (χ0n) is 16.4. The summed E-state index contributed by atoms with van der Waals surface area (Å²) in [5, 5.41) is 21.4. The molecule has 0 aliphatic rings. The van der Waals surface area contributed by atoms with E-state index in [1.165, 1.54) is 23.5 Å². The van der Waals surface area contributed by atoms with Crippen molar-refractivity contribution in [2.24, 2.45) is 4.99 Å². The number of nitrogens with zero attached hydrogens (tertiary/aromatic N) is 3. The average Bonchev–Trinajstić information content (AvgIpc) is 3.23. The topological polar surface area (TPSA) is 97.9 Å². The van der Waals surface area contributed by atoms with Gasteiger partial charge < -0.3 is 9.84 Å². The molecule has 4 aromatic rings. The van der Waals surface area contributed by atoms with Crippen LogP contribution in [-0.4, -0.2) is 28.3 Å². The Balaban J connectivity index is 1.77. The van der Waals surface area contributed by atoms with Crippen LogP contribution in [0.4, 0.5) is 10.8 Å². The van der Waals surface area contributed by atoms with Gasteiger partial charge in [-0.2, -0.15) is 0 Å². The Morgan fingerprint density at radius 2 is 1.71 bits per heavy atom. The summed E-state index contributed by atoms with van der Waals surface area (Å²) in [5.74, 6) is 0.863. The van der Waals surface area contributed by atoms with Crippen molar-refractivity contribution >= 4 is 28.4 Å². The van der Waals surface area contributed by atoms with E-state index in [0.29, 0.717) is 16.4 Å². The third-order valence-corrected chi connectivity index (χ3v) is 5.58. The number of aliphatic imine (C=N–C) groups is 1. The molecule has 1 heterocycles. The van der Waals surface area contributed by atoms with Crippen LogP contribution in [0.1, 0.15) is 5.56 Å². The molecule has 0 radical (unpaired) electrons. The van der Waals surface area contributed by atoms with Crippen LogP contribution >= 0.6 is 11.3 Å². The quantitative estimate of drug-likeness (QED) is 0.235. The zero-order chi connectivity index (χ0) is 21.8. The number of aromatic hydroxyl groups is 1. The number of ether oxygens (including phenoxy) is 1. The van der Waals surface area contributed by atoms with Crippen LogP contribution in [0, 0.1) is 10.1 Å². The van der Waals surface area contributed by atoms with Crippen molar-refractivity contribution in [2.75, 3.05) is 7.11 Å². The predicted molar refractivity (Wildman–Crippen MR) is 122 cm³/mol. The maximum absolute atomic E-state index is 11.0. The highest BCUT2D eigenvalue weighted by Crippen LogP contribution is 2.41. The molecule has 0 aliphatic carbocycles. The number of nitro groups is 1. The van der Waals surface area contributed by atoms with Gasteiger partial charge in [0.05, 0.1) is 22.6 Å². The number of benzene rings is 3. The molecule has 0 fully saturated rings. The SMILES string of the molecule is COc1ccc(-c2nc(/N=C/c3ccccc3O)sc2-c2ccc([N+](=O)[O-])cc2)cc1. The van der Waals surface area contributed by atoms with Crippen molar-refractivity contribution in [3.63, 3.8) is 0 Å². The van der Waals surface area contributed by atoms with E-state index >= 15 is 0 Å². The Morgan fingerprint density at radius 3 is 2.35 bits per heavy atom. The van der Waals surface area contributed by atoms with E-state index in [-0.39, 0.29) is 11.4 Å². The molecular weight excluding hydrogens is 414 g/mol. The lowest BCUT2D eigenvalue weighted by Crippen LogP contribution is -1.88. The van der Waals surface area contributed by atoms with Gasteiger partial charge in [-0.15, -0.1) is 0 Å². The summed E-state index contributed by atoms with van der Waals surface area (Å²) in [4.78, 5) is 20.5. The number of aromatic nitrogens is 1. The highest BCUT2D eigenvalue weighted by atomic mass is 32.1. The van der Waals surface area contributed by atoms with Gasteiger partial charge in [-0.05, 0) is 54.1 Å². The van der Waals surface area contributed by atoms with Crippen molar-refractivity contribution < 1.29 is 14.8 Å². The molecule has 1 aromatic heterocycles. The van der Waals surface area contributed by atoms with Crippen LogP contribution in [0.2, 0.25) is 0 Å². The Bertz CT molecular complexity index is 1250. The van der Waals surface area contributed by atoms with Gasteiger partial charge in [0, 0.05) is 29.5 Å². The number of hydrogen-bond acceptors (Lipinski definition) is 7. The van der Waals surface area contributed by atoms with E-state index in [0.717, 1.165) is 21.8 Å². The number of thiazole rings is 1. The minimum atomic E-state index is -0.428. The summed E-state index contributed by atoms with van der Waals surface area (Å²) in [6.07, 6.45) is 1.56. The second kappa shape index (κ2) is 8.76. The highest BCUT2D eigenvalue weighted by molar-refractivity contribution is 7.19. The van der Waals surface area contributed by atoms with Crippen LogP contribution in [0.25, 0.3) is 21.7 Å². The lowest BCUT2D eigenvalue weighted by atomic mass is 10.1. The first-order chi connectivity index (χ1) is 15.0. The van der Waals surface area contributed by atoms with E-state index in [1.54, 1.807) is 43.7 Å². The van der Waals surface area contributed by atoms with E-state index in [4.69, 9.17) is 4.74 Å². The van der Waals surface area contributed by atoms with E-state index in [1.807, 2.05) is 30.3 Å². The second-order valence-electron chi connectivity index (χ2n) is 6.52. The first-order valence-electron chi connectivity index (χ1n) is 9.27. The van der Waals surface area contributed by atoms with Gasteiger partial charge >= 0.3 is 0 Å². The van der Waals surface area contributed by atoms with Gasteiger partial charge in [-0.3, -0.25) is 10.1 Å². The monoisotopic (exact) mass is 431 g/mol. The van der Waals surface area contributed by atoms with Crippen molar-refractivity contribution in [1.29, 1.82) is 0 Å². The molecule has 31 heavy (non-hydrogen) atoms. The van der Waals surface area contributed by atoms with E-state index in [2.05, 4.69) is 9.98 Å². The van der Waals surface area contributed by atoms with Crippen LogP contribution in [0.15, 0.2) is 77.8 Å². The molecule has 3 aromatic carbocycles. The summed E-state index contributed by atoms with van der Waals surface area (Å²) in [6, 6.07) is 20.7. The Hall–Kier alpha value is -4.04. The standard InChI is InChI=1S/C23H17N3O4S/c1-30-19-12-8-15(9-13-19)21-22(16-6-10-18(11-7-16)26(28)29)31-23(25-21)24-14-17-4-2-3-5-20(17)27/h2-14,27H,1H3/b24-14+. The summed E-state index contributed by atoms with van der Waals surface area (Å²) in [6.45, 7) is 0. The van der Waals surface area contributed by atoms with E-state index in [9.17, 15) is 15.2 Å². The van der Waals surface area contributed by atoms with Gasteiger partial charge in [0.1, 0.15) is 11.5 Å². The smallest absolute Gasteiger partial charge is 0.269 e. The van der Waals surface area contributed by atoms with Crippen molar-refractivity contribution in [3.05, 3.63) is 88.5 Å².